The topological polar surface area (TPSA) is 82.9 Å². The summed E-state index contributed by atoms with van der Waals surface area (Å²) in [6.07, 6.45) is 6.35. The predicted molar refractivity (Wildman–Crippen MR) is 127 cm³/mol. The summed E-state index contributed by atoms with van der Waals surface area (Å²) in [6, 6.07) is 12.4. The normalized spacial score (nSPS) is 19.6. The molecule has 0 N–H and O–H groups in total. The van der Waals surface area contributed by atoms with Crippen LogP contribution in [-0.4, -0.2) is 54.5 Å². The second kappa shape index (κ2) is 11.0. The molecule has 0 amide bonds. The van der Waals surface area contributed by atoms with Crippen molar-refractivity contribution in [2.45, 2.75) is 18.4 Å². The lowest BCUT2D eigenvalue weighted by molar-refractivity contribution is -0.189. The summed E-state index contributed by atoms with van der Waals surface area (Å²) in [4.78, 5) is 27.4. The second-order valence-corrected chi connectivity index (χ2v) is 8.55. The third-order valence-corrected chi connectivity index (χ3v) is 5.93. The minimum absolute atomic E-state index is 0.137. The molecule has 10 heteroatoms. The minimum Gasteiger partial charge on any atom is -0.491 e. The summed E-state index contributed by atoms with van der Waals surface area (Å²) < 4.78 is 20.3. The number of aldehydes is 2. The van der Waals surface area contributed by atoms with E-state index in [2.05, 4.69) is 4.98 Å². The standard InChI is InChI=1S/C24H23Cl2N3O5/c25-18-1-6-22(23(26)13-18)24(16-28-8-7-27-17-28)33-15-21(34-24)14-32-20-4-2-19(3-5-20)29(9-11-30)10-12-31/h1-8,11-13,17,21H,9-10,14-16H2/t21-,24-/m0/s1. The van der Waals surface area contributed by atoms with Gasteiger partial charge in [-0.15, -0.1) is 0 Å². The Morgan fingerprint density at radius 3 is 2.56 bits per heavy atom. The minimum atomic E-state index is -1.12. The van der Waals surface area contributed by atoms with Crippen LogP contribution in [0, 0.1) is 0 Å². The van der Waals surface area contributed by atoms with Gasteiger partial charge in [-0.25, -0.2) is 4.98 Å². The summed E-state index contributed by atoms with van der Waals surface area (Å²) in [6.45, 7) is 1.18. The molecule has 1 aliphatic heterocycles. The van der Waals surface area contributed by atoms with E-state index in [9.17, 15) is 9.59 Å². The van der Waals surface area contributed by atoms with E-state index >= 15 is 0 Å². The Bertz CT molecular complexity index is 1100. The summed E-state index contributed by atoms with van der Waals surface area (Å²) in [5, 5.41) is 0.965. The van der Waals surface area contributed by atoms with E-state index in [0.717, 1.165) is 18.3 Å². The molecule has 1 aromatic heterocycles. The molecular weight excluding hydrogens is 481 g/mol. The smallest absolute Gasteiger partial charge is 0.215 e. The molecule has 4 rings (SSSR count). The number of hydrogen-bond donors (Lipinski definition) is 0. The van der Waals surface area contributed by atoms with Gasteiger partial charge in [-0.05, 0) is 36.4 Å². The molecule has 1 aliphatic rings. The first-order valence-corrected chi connectivity index (χ1v) is 11.4. The van der Waals surface area contributed by atoms with E-state index in [1.165, 1.54) is 0 Å². The van der Waals surface area contributed by atoms with Gasteiger partial charge in [-0.2, -0.15) is 0 Å². The van der Waals surface area contributed by atoms with Gasteiger partial charge < -0.3 is 33.3 Å². The van der Waals surface area contributed by atoms with Gasteiger partial charge in [0.05, 0.1) is 37.6 Å². The second-order valence-electron chi connectivity index (χ2n) is 7.71. The summed E-state index contributed by atoms with van der Waals surface area (Å²) in [5.41, 5.74) is 1.42. The first kappa shape index (κ1) is 24.2. The van der Waals surface area contributed by atoms with Gasteiger partial charge in [-0.1, -0.05) is 29.3 Å². The number of anilines is 1. The maximum atomic E-state index is 10.8. The Kier molecular flexibility index (Phi) is 7.84. The van der Waals surface area contributed by atoms with Crippen LogP contribution in [0.4, 0.5) is 5.69 Å². The van der Waals surface area contributed by atoms with E-state index in [1.807, 2.05) is 10.8 Å². The van der Waals surface area contributed by atoms with Crippen molar-refractivity contribution in [1.82, 2.24) is 9.55 Å². The fourth-order valence-corrected chi connectivity index (χ4v) is 4.34. The van der Waals surface area contributed by atoms with Crippen LogP contribution >= 0.6 is 23.2 Å². The van der Waals surface area contributed by atoms with Crippen molar-refractivity contribution in [3.63, 3.8) is 0 Å². The number of imidazole rings is 1. The summed E-state index contributed by atoms with van der Waals surface area (Å²) in [5.74, 6) is -0.495. The molecule has 0 bridgehead atoms. The van der Waals surface area contributed by atoms with Gasteiger partial charge in [0.1, 0.15) is 31.0 Å². The average molecular weight is 504 g/mol. The Hall–Kier alpha value is -2.91. The molecule has 2 atom stereocenters. The molecule has 0 aliphatic carbocycles. The van der Waals surface area contributed by atoms with Crippen LogP contribution in [0.1, 0.15) is 5.56 Å². The fraction of sp³-hybridized carbons (Fsp3) is 0.292. The zero-order valence-electron chi connectivity index (χ0n) is 18.2. The van der Waals surface area contributed by atoms with Crippen molar-refractivity contribution in [3.8, 4) is 5.75 Å². The van der Waals surface area contributed by atoms with Crippen molar-refractivity contribution < 1.29 is 23.8 Å². The molecule has 0 radical (unpaired) electrons. The maximum absolute atomic E-state index is 10.8. The van der Waals surface area contributed by atoms with Crippen molar-refractivity contribution >= 4 is 41.5 Å². The predicted octanol–water partition coefficient (Wildman–Crippen LogP) is 3.74. The van der Waals surface area contributed by atoms with Gasteiger partial charge in [0, 0.05) is 28.7 Å². The van der Waals surface area contributed by atoms with Crippen LogP contribution in [0.3, 0.4) is 0 Å². The zero-order chi connectivity index (χ0) is 24.0. The van der Waals surface area contributed by atoms with Crippen molar-refractivity contribution in [1.29, 1.82) is 0 Å². The Balaban J connectivity index is 1.45. The first-order chi connectivity index (χ1) is 16.5. The van der Waals surface area contributed by atoms with Crippen molar-refractivity contribution in [2.75, 3.05) is 31.2 Å². The molecule has 2 heterocycles. The lowest BCUT2D eigenvalue weighted by atomic mass is 10.1. The summed E-state index contributed by atoms with van der Waals surface area (Å²) >= 11 is 12.6. The highest BCUT2D eigenvalue weighted by Gasteiger charge is 2.45. The first-order valence-electron chi connectivity index (χ1n) is 10.6. The Labute approximate surface area is 206 Å². The van der Waals surface area contributed by atoms with Crippen molar-refractivity contribution in [2.24, 2.45) is 0 Å². The lowest BCUT2D eigenvalue weighted by Crippen LogP contribution is -2.34. The molecule has 178 valence electrons. The lowest BCUT2D eigenvalue weighted by Gasteiger charge is -2.30. The number of rotatable bonds is 11. The van der Waals surface area contributed by atoms with Crippen LogP contribution in [0.25, 0.3) is 0 Å². The summed E-state index contributed by atoms with van der Waals surface area (Å²) in [7, 11) is 0. The number of carbonyl (C=O) groups excluding carboxylic acids is 2. The molecule has 8 nitrogen and oxygen atoms in total. The molecule has 1 fully saturated rings. The van der Waals surface area contributed by atoms with E-state index in [0.29, 0.717) is 34.5 Å². The molecular formula is C24H23Cl2N3O5. The Morgan fingerprint density at radius 1 is 1.15 bits per heavy atom. The quantitative estimate of drug-likeness (QED) is 0.368. The van der Waals surface area contributed by atoms with Crippen LogP contribution in [0.2, 0.25) is 10.0 Å². The van der Waals surface area contributed by atoms with Crippen molar-refractivity contribution in [3.05, 3.63) is 76.8 Å². The molecule has 0 unspecified atom stereocenters. The van der Waals surface area contributed by atoms with Gasteiger partial charge in [0.2, 0.25) is 5.79 Å². The molecule has 34 heavy (non-hydrogen) atoms. The monoisotopic (exact) mass is 503 g/mol. The number of nitrogens with zero attached hydrogens (tertiary/aromatic N) is 3. The van der Waals surface area contributed by atoms with Gasteiger partial charge in [-0.3, -0.25) is 0 Å². The number of hydrogen-bond acceptors (Lipinski definition) is 7. The molecule has 3 aromatic rings. The van der Waals surface area contributed by atoms with E-state index in [1.54, 1.807) is 59.9 Å². The molecule has 1 saturated heterocycles. The van der Waals surface area contributed by atoms with E-state index in [4.69, 9.17) is 37.4 Å². The maximum Gasteiger partial charge on any atom is 0.215 e. The third kappa shape index (κ3) is 5.59. The highest BCUT2D eigenvalue weighted by Crippen LogP contribution is 2.40. The third-order valence-electron chi connectivity index (χ3n) is 5.38. The molecule has 0 spiro atoms. The largest absolute Gasteiger partial charge is 0.491 e. The zero-order valence-corrected chi connectivity index (χ0v) is 19.7. The average Bonchev–Trinajstić information content (AvgIpc) is 3.49. The SMILES string of the molecule is O=CCN(CC=O)c1ccc(OC[C@H]2CO[C@](Cn3ccnc3)(c3ccc(Cl)cc3Cl)O2)cc1. The molecule has 0 saturated carbocycles. The van der Waals surface area contributed by atoms with Crippen LogP contribution in [0.5, 0.6) is 5.75 Å². The van der Waals surface area contributed by atoms with Crippen LogP contribution in [-0.2, 0) is 31.4 Å². The van der Waals surface area contributed by atoms with E-state index < -0.39 is 5.79 Å². The van der Waals surface area contributed by atoms with Gasteiger partial charge >= 0.3 is 0 Å². The molecule has 2 aromatic carbocycles. The number of ether oxygens (including phenoxy) is 3. The van der Waals surface area contributed by atoms with Gasteiger partial charge in [0.25, 0.3) is 0 Å². The number of aromatic nitrogens is 2. The van der Waals surface area contributed by atoms with Crippen LogP contribution in [0.15, 0.2) is 61.2 Å². The number of halogens is 2. The number of carbonyl (C=O) groups is 2. The number of benzene rings is 2. The van der Waals surface area contributed by atoms with E-state index in [-0.39, 0.29) is 25.8 Å². The highest BCUT2D eigenvalue weighted by molar-refractivity contribution is 6.35. The highest BCUT2D eigenvalue weighted by atomic mass is 35.5. The van der Waals surface area contributed by atoms with Gasteiger partial charge in [0.15, 0.2) is 0 Å². The fourth-order valence-electron chi connectivity index (χ4n) is 3.78. The Morgan fingerprint density at radius 2 is 1.91 bits per heavy atom. The van der Waals surface area contributed by atoms with Crippen LogP contribution < -0.4 is 9.64 Å².